The molecule has 26 heavy (non-hydrogen) atoms. The zero-order chi connectivity index (χ0) is 18.1. The van der Waals surface area contributed by atoms with Crippen molar-refractivity contribution in [1.82, 2.24) is 19.9 Å². The standard InChI is InChI=1S/C18H18ClN5OS/c19-13-3-1-12(2-4-13)11-24-15-9-14(23-7-5-20-6-8-23)10-21-16(15)17(26)22-18(24)25/h1-4,9-10,20H,5-8,11H2,(H,22,25,26). The van der Waals surface area contributed by atoms with Crippen molar-refractivity contribution in [1.29, 1.82) is 0 Å². The van der Waals surface area contributed by atoms with Gasteiger partial charge < -0.3 is 10.2 Å². The molecule has 8 heteroatoms. The zero-order valence-electron chi connectivity index (χ0n) is 14.0. The van der Waals surface area contributed by atoms with Crippen LogP contribution in [-0.2, 0) is 6.54 Å². The summed E-state index contributed by atoms with van der Waals surface area (Å²) in [5, 5.41) is 4.01. The number of hydrogen-bond acceptors (Lipinski definition) is 5. The first-order valence-electron chi connectivity index (χ1n) is 8.45. The van der Waals surface area contributed by atoms with Gasteiger partial charge >= 0.3 is 5.69 Å². The second-order valence-corrected chi connectivity index (χ2v) is 7.11. The van der Waals surface area contributed by atoms with Crippen LogP contribution in [-0.4, -0.2) is 40.7 Å². The van der Waals surface area contributed by atoms with Crippen LogP contribution in [0.4, 0.5) is 5.69 Å². The number of halogens is 1. The maximum Gasteiger partial charge on any atom is 0.327 e. The van der Waals surface area contributed by atoms with E-state index in [2.05, 4.69) is 20.2 Å². The Hall–Kier alpha value is -2.22. The molecule has 1 fully saturated rings. The molecule has 0 amide bonds. The third kappa shape index (κ3) is 3.38. The number of nitrogens with one attached hydrogen (secondary N) is 2. The number of piperazine rings is 1. The van der Waals surface area contributed by atoms with E-state index in [4.69, 9.17) is 23.8 Å². The number of H-pyrrole nitrogens is 1. The van der Waals surface area contributed by atoms with Crippen molar-refractivity contribution in [3.63, 3.8) is 0 Å². The highest BCUT2D eigenvalue weighted by atomic mass is 35.5. The molecule has 0 atom stereocenters. The molecule has 0 unspecified atom stereocenters. The van der Waals surface area contributed by atoms with Gasteiger partial charge in [-0.25, -0.2) is 9.78 Å². The summed E-state index contributed by atoms with van der Waals surface area (Å²) in [4.78, 5) is 22.1. The molecule has 0 aliphatic carbocycles. The van der Waals surface area contributed by atoms with Crippen LogP contribution in [0.3, 0.4) is 0 Å². The SMILES string of the molecule is O=c1[nH]c(=S)c2ncc(N3CCNCC3)cc2n1Cc1ccc(Cl)cc1. The minimum atomic E-state index is -0.239. The maximum atomic E-state index is 12.6. The van der Waals surface area contributed by atoms with E-state index in [9.17, 15) is 4.79 Å². The van der Waals surface area contributed by atoms with Crippen LogP contribution in [0.15, 0.2) is 41.3 Å². The van der Waals surface area contributed by atoms with Gasteiger partial charge in [0.1, 0.15) is 10.2 Å². The summed E-state index contributed by atoms with van der Waals surface area (Å²) in [7, 11) is 0. The van der Waals surface area contributed by atoms with Crippen molar-refractivity contribution in [2.75, 3.05) is 31.1 Å². The number of hydrogen-bond donors (Lipinski definition) is 2. The molecule has 3 heterocycles. The number of anilines is 1. The van der Waals surface area contributed by atoms with Crippen LogP contribution in [0.2, 0.25) is 5.02 Å². The lowest BCUT2D eigenvalue weighted by Crippen LogP contribution is -2.43. The molecule has 4 rings (SSSR count). The quantitative estimate of drug-likeness (QED) is 0.676. The smallest absolute Gasteiger partial charge is 0.327 e. The monoisotopic (exact) mass is 387 g/mol. The third-order valence-electron chi connectivity index (χ3n) is 4.56. The maximum absolute atomic E-state index is 12.6. The largest absolute Gasteiger partial charge is 0.368 e. The van der Waals surface area contributed by atoms with Crippen molar-refractivity contribution in [3.05, 3.63) is 62.2 Å². The fraction of sp³-hybridized carbons (Fsp3) is 0.278. The molecule has 2 N–H and O–H groups in total. The molecule has 0 bridgehead atoms. The molecule has 134 valence electrons. The Balaban J connectivity index is 1.83. The van der Waals surface area contributed by atoms with Gasteiger partial charge in [-0.3, -0.25) is 9.55 Å². The predicted molar refractivity (Wildman–Crippen MR) is 107 cm³/mol. The highest BCUT2D eigenvalue weighted by Crippen LogP contribution is 2.21. The van der Waals surface area contributed by atoms with Crippen LogP contribution in [0.25, 0.3) is 11.0 Å². The molecule has 1 saturated heterocycles. The lowest BCUT2D eigenvalue weighted by Gasteiger charge is -2.29. The Morgan fingerprint density at radius 1 is 1.19 bits per heavy atom. The van der Waals surface area contributed by atoms with E-state index in [-0.39, 0.29) is 5.69 Å². The summed E-state index contributed by atoms with van der Waals surface area (Å²) in [5.74, 6) is 0. The van der Waals surface area contributed by atoms with E-state index in [1.807, 2.05) is 36.5 Å². The van der Waals surface area contributed by atoms with Crippen LogP contribution >= 0.6 is 23.8 Å². The Kier molecular flexibility index (Phi) is 4.76. The first-order chi connectivity index (χ1) is 12.6. The second-order valence-electron chi connectivity index (χ2n) is 6.27. The number of rotatable bonds is 3. The van der Waals surface area contributed by atoms with Crippen LogP contribution in [0.5, 0.6) is 0 Å². The van der Waals surface area contributed by atoms with Crippen molar-refractivity contribution in [2.24, 2.45) is 0 Å². The van der Waals surface area contributed by atoms with Crippen LogP contribution in [0, 0.1) is 4.64 Å². The molecule has 6 nitrogen and oxygen atoms in total. The van der Waals surface area contributed by atoms with Gasteiger partial charge in [-0.2, -0.15) is 0 Å². The molecule has 0 saturated carbocycles. The predicted octanol–water partition coefficient (Wildman–Crippen LogP) is 2.57. The van der Waals surface area contributed by atoms with E-state index >= 15 is 0 Å². The van der Waals surface area contributed by atoms with E-state index in [1.165, 1.54) is 0 Å². The van der Waals surface area contributed by atoms with Gasteiger partial charge in [0.25, 0.3) is 0 Å². The number of aromatic nitrogens is 3. The molecule has 3 aromatic rings. The first kappa shape index (κ1) is 17.2. The average molecular weight is 388 g/mol. The summed E-state index contributed by atoms with van der Waals surface area (Å²) in [6.45, 7) is 4.11. The van der Waals surface area contributed by atoms with Crippen molar-refractivity contribution in [3.8, 4) is 0 Å². The van der Waals surface area contributed by atoms with Crippen molar-refractivity contribution in [2.45, 2.75) is 6.54 Å². The minimum Gasteiger partial charge on any atom is -0.368 e. The third-order valence-corrected chi connectivity index (χ3v) is 5.11. The minimum absolute atomic E-state index is 0.239. The van der Waals surface area contributed by atoms with Crippen molar-refractivity contribution < 1.29 is 0 Å². The van der Waals surface area contributed by atoms with Gasteiger partial charge in [0, 0.05) is 31.2 Å². The summed E-state index contributed by atoms with van der Waals surface area (Å²) in [6.07, 6.45) is 1.83. The van der Waals surface area contributed by atoms with Gasteiger partial charge in [0.05, 0.1) is 23.9 Å². The number of benzene rings is 1. The molecule has 0 radical (unpaired) electrons. The van der Waals surface area contributed by atoms with Gasteiger partial charge in [-0.1, -0.05) is 36.0 Å². The normalized spacial score (nSPS) is 14.7. The Bertz CT molecular complexity index is 1050. The second kappa shape index (κ2) is 7.19. The zero-order valence-corrected chi connectivity index (χ0v) is 15.6. The van der Waals surface area contributed by atoms with E-state index in [1.54, 1.807) is 4.57 Å². The van der Waals surface area contributed by atoms with Gasteiger partial charge in [0.15, 0.2) is 0 Å². The van der Waals surface area contributed by atoms with E-state index < -0.39 is 0 Å². The Labute approximate surface area is 160 Å². The van der Waals surface area contributed by atoms with E-state index in [0.717, 1.165) is 42.9 Å². The highest BCUT2D eigenvalue weighted by molar-refractivity contribution is 7.71. The highest BCUT2D eigenvalue weighted by Gasteiger charge is 2.14. The lowest BCUT2D eigenvalue weighted by atomic mass is 10.2. The lowest BCUT2D eigenvalue weighted by molar-refractivity contribution is 0.589. The van der Waals surface area contributed by atoms with Crippen molar-refractivity contribution >= 4 is 40.5 Å². The summed E-state index contributed by atoms with van der Waals surface area (Å²) in [6, 6.07) is 9.47. The van der Waals surface area contributed by atoms with Crippen LogP contribution < -0.4 is 15.9 Å². The molecule has 1 aliphatic heterocycles. The molecular weight excluding hydrogens is 370 g/mol. The first-order valence-corrected chi connectivity index (χ1v) is 9.23. The summed E-state index contributed by atoms with van der Waals surface area (Å²) in [5.41, 5.74) is 3.12. The fourth-order valence-electron chi connectivity index (χ4n) is 3.18. The van der Waals surface area contributed by atoms with Crippen LogP contribution in [0.1, 0.15) is 5.56 Å². The fourth-order valence-corrected chi connectivity index (χ4v) is 3.55. The molecule has 0 spiro atoms. The number of pyridine rings is 1. The molecule has 1 aliphatic rings. The van der Waals surface area contributed by atoms with Gasteiger partial charge in [0.2, 0.25) is 0 Å². The van der Waals surface area contributed by atoms with Gasteiger partial charge in [-0.05, 0) is 23.8 Å². The summed E-state index contributed by atoms with van der Waals surface area (Å²) >= 11 is 11.3. The Morgan fingerprint density at radius 2 is 1.92 bits per heavy atom. The molecule has 2 aromatic heterocycles. The number of fused-ring (bicyclic) bond motifs is 1. The molecule has 1 aromatic carbocycles. The van der Waals surface area contributed by atoms with E-state index in [0.29, 0.717) is 21.7 Å². The summed E-state index contributed by atoms with van der Waals surface area (Å²) < 4.78 is 2.04. The topological polar surface area (TPSA) is 66.0 Å². The number of nitrogens with zero attached hydrogens (tertiary/aromatic N) is 3. The average Bonchev–Trinajstić information content (AvgIpc) is 2.67. The Morgan fingerprint density at radius 3 is 2.65 bits per heavy atom. The number of aromatic amines is 1. The van der Waals surface area contributed by atoms with Gasteiger partial charge in [-0.15, -0.1) is 0 Å². The molecular formula is C18H18ClN5OS.